The van der Waals surface area contributed by atoms with Crippen molar-refractivity contribution in [2.45, 2.75) is 4.90 Å². The third-order valence-electron chi connectivity index (χ3n) is 2.23. The molecule has 84 valence electrons. The summed E-state index contributed by atoms with van der Waals surface area (Å²) in [7, 11) is 1.61. The van der Waals surface area contributed by atoms with Gasteiger partial charge in [0, 0.05) is 18.7 Å². The molecule has 0 bridgehead atoms. The van der Waals surface area contributed by atoms with Crippen LogP contribution in [0.1, 0.15) is 0 Å². The van der Waals surface area contributed by atoms with Crippen molar-refractivity contribution < 1.29 is 9.47 Å². The highest BCUT2D eigenvalue weighted by molar-refractivity contribution is 7.98. The highest BCUT2D eigenvalue weighted by Gasteiger charge is 2.08. The first kappa shape index (κ1) is 11.2. The second-order valence-electron chi connectivity index (χ2n) is 3.22. The summed E-state index contributed by atoms with van der Waals surface area (Å²) in [6.07, 6.45) is 3.84. The minimum absolute atomic E-state index is 0.252. The average molecular weight is 235 g/mol. The van der Waals surface area contributed by atoms with Gasteiger partial charge in [0.2, 0.25) is 0 Å². The number of rotatable bonds is 4. The lowest BCUT2D eigenvalue weighted by Gasteiger charge is -2.11. The zero-order chi connectivity index (χ0) is 11.4. The van der Waals surface area contributed by atoms with Crippen LogP contribution in [0, 0.1) is 0 Å². The summed E-state index contributed by atoms with van der Waals surface area (Å²) in [6.45, 7) is 0.252. The quantitative estimate of drug-likeness (QED) is 0.602. The van der Waals surface area contributed by atoms with Crippen molar-refractivity contribution in [1.29, 1.82) is 0 Å². The van der Waals surface area contributed by atoms with Crippen LogP contribution in [0.5, 0.6) is 5.75 Å². The van der Waals surface area contributed by atoms with E-state index in [0.29, 0.717) is 0 Å². The van der Waals surface area contributed by atoms with E-state index in [1.807, 2.05) is 36.7 Å². The Bertz CT molecular complexity index is 487. The van der Waals surface area contributed by atoms with E-state index < -0.39 is 0 Å². The number of para-hydroxylation sites is 1. The molecule has 1 aromatic carbocycles. The molecule has 1 heterocycles. The van der Waals surface area contributed by atoms with Gasteiger partial charge in [-0.3, -0.25) is 4.98 Å². The molecule has 0 radical (unpaired) electrons. The third-order valence-corrected chi connectivity index (χ3v) is 2.97. The van der Waals surface area contributed by atoms with Gasteiger partial charge in [-0.25, -0.2) is 0 Å². The number of benzene rings is 1. The Balaban J connectivity index is 2.54. The summed E-state index contributed by atoms with van der Waals surface area (Å²) in [4.78, 5) is 5.40. The van der Waals surface area contributed by atoms with Gasteiger partial charge in [-0.05, 0) is 18.4 Å². The number of thioether (sulfide) groups is 1. The lowest BCUT2D eigenvalue weighted by atomic mass is 10.2. The largest absolute Gasteiger partial charge is 0.466 e. The number of methoxy groups -OCH3 is 1. The molecular weight excluding hydrogens is 222 g/mol. The standard InChI is InChI=1S/C12H13NO2S/c1-14-8-15-12-9-5-3-4-6-10(9)13-7-11(12)16-2/h3-7H,8H2,1-2H3. The fraction of sp³-hybridized carbons (Fsp3) is 0.250. The first-order chi connectivity index (χ1) is 7.86. The second kappa shape index (κ2) is 5.18. The van der Waals surface area contributed by atoms with Crippen LogP contribution in [-0.2, 0) is 4.74 Å². The maximum absolute atomic E-state index is 5.61. The number of aromatic nitrogens is 1. The summed E-state index contributed by atoms with van der Waals surface area (Å²) < 4.78 is 10.5. The van der Waals surface area contributed by atoms with Crippen molar-refractivity contribution >= 4 is 22.7 Å². The monoisotopic (exact) mass is 235 g/mol. The topological polar surface area (TPSA) is 31.4 Å². The summed E-state index contributed by atoms with van der Waals surface area (Å²) >= 11 is 1.62. The number of pyridine rings is 1. The molecule has 2 aromatic rings. The molecule has 2 rings (SSSR count). The fourth-order valence-corrected chi connectivity index (χ4v) is 2.02. The normalized spacial score (nSPS) is 10.6. The van der Waals surface area contributed by atoms with Crippen LogP contribution in [0.4, 0.5) is 0 Å². The smallest absolute Gasteiger partial charge is 0.188 e. The van der Waals surface area contributed by atoms with Crippen molar-refractivity contribution in [1.82, 2.24) is 4.98 Å². The van der Waals surface area contributed by atoms with Gasteiger partial charge < -0.3 is 9.47 Å². The molecule has 0 atom stereocenters. The van der Waals surface area contributed by atoms with Crippen molar-refractivity contribution in [3.05, 3.63) is 30.5 Å². The van der Waals surface area contributed by atoms with E-state index in [9.17, 15) is 0 Å². The molecule has 0 aliphatic rings. The summed E-state index contributed by atoms with van der Waals surface area (Å²) in [5, 5.41) is 1.02. The molecule has 0 unspecified atom stereocenters. The second-order valence-corrected chi connectivity index (χ2v) is 4.07. The molecule has 0 fully saturated rings. The Labute approximate surface area is 98.8 Å². The van der Waals surface area contributed by atoms with Gasteiger partial charge >= 0.3 is 0 Å². The predicted molar refractivity (Wildman–Crippen MR) is 66.0 cm³/mol. The van der Waals surface area contributed by atoms with Crippen LogP contribution >= 0.6 is 11.8 Å². The first-order valence-electron chi connectivity index (χ1n) is 4.90. The zero-order valence-electron chi connectivity index (χ0n) is 9.27. The lowest BCUT2D eigenvalue weighted by molar-refractivity contribution is 0.0503. The number of fused-ring (bicyclic) bond motifs is 1. The van der Waals surface area contributed by atoms with E-state index in [-0.39, 0.29) is 6.79 Å². The molecule has 3 nitrogen and oxygen atoms in total. The molecule has 1 aromatic heterocycles. The van der Waals surface area contributed by atoms with Gasteiger partial charge in [-0.2, -0.15) is 0 Å². The van der Waals surface area contributed by atoms with E-state index in [0.717, 1.165) is 21.5 Å². The molecule has 4 heteroatoms. The van der Waals surface area contributed by atoms with E-state index in [2.05, 4.69) is 4.98 Å². The Morgan fingerprint density at radius 2 is 2.12 bits per heavy atom. The van der Waals surface area contributed by atoms with Crippen LogP contribution in [0.2, 0.25) is 0 Å². The van der Waals surface area contributed by atoms with Crippen molar-refractivity contribution in [2.75, 3.05) is 20.2 Å². The summed E-state index contributed by atoms with van der Waals surface area (Å²) in [5.41, 5.74) is 0.936. The van der Waals surface area contributed by atoms with Gasteiger partial charge in [-0.1, -0.05) is 12.1 Å². The van der Waals surface area contributed by atoms with Crippen molar-refractivity contribution in [3.8, 4) is 5.75 Å². The molecule has 0 aliphatic carbocycles. The maximum atomic E-state index is 5.61. The summed E-state index contributed by atoms with van der Waals surface area (Å²) in [6, 6.07) is 7.92. The van der Waals surface area contributed by atoms with Crippen molar-refractivity contribution in [3.63, 3.8) is 0 Å². The Hall–Kier alpha value is -1.26. The molecule has 0 amide bonds. The molecule has 0 N–H and O–H groups in total. The Morgan fingerprint density at radius 3 is 2.88 bits per heavy atom. The average Bonchev–Trinajstić information content (AvgIpc) is 2.35. The van der Waals surface area contributed by atoms with E-state index in [1.54, 1.807) is 18.9 Å². The highest BCUT2D eigenvalue weighted by atomic mass is 32.2. The summed E-state index contributed by atoms with van der Waals surface area (Å²) in [5.74, 6) is 0.847. The number of nitrogens with zero attached hydrogens (tertiary/aromatic N) is 1. The Morgan fingerprint density at radius 1 is 1.31 bits per heavy atom. The van der Waals surface area contributed by atoms with Gasteiger partial charge in [0.1, 0.15) is 5.75 Å². The third kappa shape index (κ3) is 2.13. The molecular formula is C12H13NO2S. The van der Waals surface area contributed by atoms with Crippen LogP contribution in [0.15, 0.2) is 35.4 Å². The number of ether oxygens (including phenoxy) is 2. The van der Waals surface area contributed by atoms with Crippen molar-refractivity contribution in [2.24, 2.45) is 0 Å². The fourth-order valence-electron chi connectivity index (χ4n) is 1.51. The molecule has 16 heavy (non-hydrogen) atoms. The van der Waals surface area contributed by atoms with E-state index in [1.165, 1.54) is 0 Å². The predicted octanol–water partition coefficient (Wildman–Crippen LogP) is 2.94. The SMILES string of the molecule is COCOc1c(SC)cnc2ccccc12. The van der Waals surface area contributed by atoms with Crippen LogP contribution < -0.4 is 4.74 Å². The van der Waals surface area contributed by atoms with Gasteiger partial charge in [-0.15, -0.1) is 11.8 Å². The molecule has 0 aliphatic heterocycles. The van der Waals surface area contributed by atoms with Gasteiger partial charge in [0.15, 0.2) is 6.79 Å². The number of hydrogen-bond acceptors (Lipinski definition) is 4. The maximum Gasteiger partial charge on any atom is 0.188 e. The molecule has 0 saturated heterocycles. The van der Waals surface area contributed by atoms with E-state index in [4.69, 9.17) is 9.47 Å². The molecule has 0 saturated carbocycles. The lowest BCUT2D eigenvalue weighted by Crippen LogP contribution is -2.01. The van der Waals surface area contributed by atoms with Crippen LogP contribution in [-0.4, -0.2) is 25.1 Å². The minimum atomic E-state index is 0.252. The molecule has 0 spiro atoms. The van der Waals surface area contributed by atoms with Gasteiger partial charge in [0.05, 0.1) is 10.4 Å². The van der Waals surface area contributed by atoms with Crippen LogP contribution in [0.25, 0.3) is 10.9 Å². The number of hydrogen-bond donors (Lipinski definition) is 0. The van der Waals surface area contributed by atoms with E-state index >= 15 is 0 Å². The Kier molecular flexibility index (Phi) is 3.64. The zero-order valence-corrected chi connectivity index (χ0v) is 10.1. The highest BCUT2D eigenvalue weighted by Crippen LogP contribution is 2.33. The minimum Gasteiger partial charge on any atom is -0.466 e. The van der Waals surface area contributed by atoms with Crippen LogP contribution in [0.3, 0.4) is 0 Å². The first-order valence-corrected chi connectivity index (χ1v) is 6.12. The van der Waals surface area contributed by atoms with Gasteiger partial charge in [0.25, 0.3) is 0 Å².